The molecule has 1 N–H and O–H groups in total. The molecule has 0 aliphatic rings. The molecule has 0 radical (unpaired) electrons. The number of nitriles is 1. The van der Waals surface area contributed by atoms with E-state index in [1.54, 1.807) is 12.3 Å². The number of ketones is 1. The number of hydrogen-bond donors (Lipinski definition) is 1. The molecule has 1 amide bonds. The number of nitrogens with zero attached hydrogens (tertiary/aromatic N) is 3. The number of hydrogen-bond acceptors (Lipinski definition) is 8. The van der Waals surface area contributed by atoms with Gasteiger partial charge in [-0.3, -0.25) is 19.4 Å². The van der Waals surface area contributed by atoms with Gasteiger partial charge in [-0.1, -0.05) is 11.6 Å². The van der Waals surface area contributed by atoms with Crippen molar-refractivity contribution in [1.29, 1.82) is 5.26 Å². The molecule has 8 nitrogen and oxygen atoms in total. The summed E-state index contributed by atoms with van der Waals surface area (Å²) in [5.41, 5.74) is 0.748. The number of Topliss-reactive ketones (excluding diaryl/α,β-unsaturated/α-hetero) is 1. The Kier molecular flexibility index (Phi) is 6.77. The molecule has 26 heavy (non-hydrogen) atoms. The van der Waals surface area contributed by atoms with E-state index in [1.807, 2.05) is 6.07 Å². The maximum atomic E-state index is 12.0. The molecule has 134 valence electrons. The Morgan fingerprint density at radius 1 is 1.46 bits per heavy atom. The van der Waals surface area contributed by atoms with Crippen LogP contribution < -0.4 is 5.32 Å². The van der Waals surface area contributed by atoms with Crippen LogP contribution in [0.4, 0.5) is 0 Å². The molecule has 2 aromatic rings. The molecule has 10 heteroatoms. The predicted octanol–water partition coefficient (Wildman–Crippen LogP) is 1.65. The van der Waals surface area contributed by atoms with Gasteiger partial charge in [0.15, 0.2) is 18.3 Å². The fourth-order valence-corrected chi connectivity index (χ4v) is 2.85. The highest BCUT2D eigenvalue weighted by atomic mass is 35.5. The fourth-order valence-electron chi connectivity index (χ4n) is 1.83. The number of amides is 1. The van der Waals surface area contributed by atoms with Gasteiger partial charge < -0.3 is 10.1 Å². The first-order valence-electron chi connectivity index (χ1n) is 7.30. The van der Waals surface area contributed by atoms with Crippen LogP contribution in [-0.2, 0) is 14.3 Å². The number of halogens is 1. The van der Waals surface area contributed by atoms with Gasteiger partial charge in [0.1, 0.15) is 17.2 Å². The molecule has 1 atom stereocenters. The first-order valence-corrected chi connectivity index (χ1v) is 8.56. The number of pyridine rings is 1. The average molecular weight is 393 g/mol. The first kappa shape index (κ1) is 19.5. The van der Waals surface area contributed by atoms with Crippen LogP contribution in [0, 0.1) is 18.3 Å². The van der Waals surface area contributed by atoms with E-state index < -0.39 is 36.7 Å². The Morgan fingerprint density at radius 2 is 2.23 bits per heavy atom. The minimum absolute atomic E-state index is 0.0464. The molecule has 0 aliphatic heterocycles. The van der Waals surface area contributed by atoms with E-state index in [2.05, 4.69) is 15.3 Å². The number of aromatic nitrogens is 2. The van der Waals surface area contributed by atoms with Crippen LogP contribution in [0.15, 0.2) is 23.7 Å². The lowest BCUT2D eigenvalue weighted by Crippen LogP contribution is -2.32. The molecule has 0 saturated heterocycles. The average Bonchev–Trinajstić information content (AvgIpc) is 3.04. The second-order valence-electron chi connectivity index (χ2n) is 5.06. The zero-order chi connectivity index (χ0) is 19.1. The van der Waals surface area contributed by atoms with Crippen molar-refractivity contribution in [3.63, 3.8) is 0 Å². The van der Waals surface area contributed by atoms with E-state index in [1.165, 1.54) is 29.7 Å². The van der Waals surface area contributed by atoms with Crippen molar-refractivity contribution >= 4 is 40.6 Å². The lowest BCUT2D eigenvalue weighted by molar-refractivity contribution is -0.146. The van der Waals surface area contributed by atoms with Crippen molar-refractivity contribution in [2.45, 2.75) is 12.8 Å². The van der Waals surface area contributed by atoms with Crippen molar-refractivity contribution < 1.29 is 19.1 Å². The molecule has 0 fully saturated rings. The van der Waals surface area contributed by atoms with E-state index in [-0.39, 0.29) is 5.69 Å². The maximum Gasteiger partial charge on any atom is 0.325 e. The number of rotatable bonds is 7. The van der Waals surface area contributed by atoms with Crippen LogP contribution in [-0.4, -0.2) is 40.8 Å². The SMILES string of the molecule is Cc1csc([C@@H](C#N)C(=O)COC(=O)CNC(=O)c2cc(Cl)ccn2)n1. The third-order valence-corrected chi connectivity index (χ3v) is 4.32. The quantitative estimate of drug-likeness (QED) is 0.710. The third-order valence-electron chi connectivity index (χ3n) is 3.06. The first-order chi connectivity index (χ1) is 12.4. The summed E-state index contributed by atoms with van der Waals surface area (Å²) < 4.78 is 4.80. The van der Waals surface area contributed by atoms with E-state index in [0.29, 0.717) is 15.7 Å². The lowest BCUT2D eigenvalue weighted by atomic mass is 10.1. The lowest BCUT2D eigenvalue weighted by Gasteiger charge is -2.08. The molecule has 0 aliphatic carbocycles. The largest absolute Gasteiger partial charge is 0.456 e. The Hall–Kier alpha value is -2.83. The number of nitrogens with one attached hydrogen (secondary N) is 1. The maximum absolute atomic E-state index is 12.0. The molecular weight excluding hydrogens is 380 g/mol. The van der Waals surface area contributed by atoms with Crippen LogP contribution in [0.2, 0.25) is 5.02 Å². The summed E-state index contributed by atoms with van der Waals surface area (Å²) in [6.45, 7) is 0.714. The van der Waals surface area contributed by atoms with E-state index >= 15 is 0 Å². The number of esters is 1. The second kappa shape index (κ2) is 9.03. The van der Waals surface area contributed by atoms with Crippen LogP contribution in [0.5, 0.6) is 0 Å². The minimum Gasteiger partial charge on any atom is -0.456 e. The Balaban J connectivity index is 1.81. The second-order valence-corrected chi connectivity index (χ2v) is 6.38. The molecule has 2 aromatic heterocycles. The standard InChI is InChI=1S/C16H13ClN4O4S/c1-9-8-26-16(21-9)11(5-18)13(22)7-25-14(23)6-20-15(24)12-4-10(17)2-3-19-12/h2-4,8,11H,6-7H2,1H3,(H,20,24)/t11-/m0/s1. The highest BCUT2D eigenvalue weighted by Gasteiger charge is 2.24. The Bertz CT molecular complexity index is 877. The highest BCUT2D eigenvalue weighted by Crippen LogP contribution is 2.20. The van der Waals surface area contributed by atoms with Gasteiger partial charge in [0.2, 0.25) is 0 Å². The van der Waals surface area contributed by atoms with Gasteiger partial charge in [-0.2, -0.15) is 5.26 Å². The third kappa shape index (κ3) is 5.34. The molecule has 0 bridgehead atoms. The Morgan fingerprint density at radius 3 is 2.85 bits per heavy atom. The van der Waals surface area contributed by atoms with Gasteiger partial charge >= 0.3 is 5.97 Å². The summed E-state index contributed by atoms with van der Waals surface area (Å²) in [5, 5.41) is 13.8. The van der Waals surface area contributed by atoms with Crippen LogP contribution in [0.25, 0.3) is 0 Å². The summed E-state index contributed by atoms with van der Waals surface area (Å²) in [7, 11) is 0. The van der Waals surface area contributed by atoms with Crippen molar-refractivity contribution in [3.8, 4) is 6.07 Å². The monoisotopic (exact) mass is 392 g/mol. The zero-order valence-electron chi connectivity index (χ0n) is 13.6. The summed E-state index contributed by atoms with van der Waals surface area (Å²) >= 11 is 6.94. The van der Waals surface area contributed by atoms with Gasteiger partial charge in [0.25, 0.3) is 5.91 Å². The molecule has 2 rings (SSSR count). The predicted molar refractivity (Wildman–Crippen MR) is 92.8 cm³/mol. The zero-order valence-corrected chi connectivity index (χ0v) is 15.1. The van der Waals surface area contributed by atoms with Crippen LogP contribution >= 0.6 is 22.9 Å². The van der Waals surface area contributed by atoms with Gasteiger partial charge in [-0.15, -0.1) is 11.3 Å². The smallest absolute Gasteiger partial charge is 0.325 e. The number of thiazole rings is 1. The van der Waals surface area contributed by atoms with Gasteiger partial charge in [0.05, 0.1) is 6.07 Å². The summed E-state index contributed by atoms with van der Waals surface area (Å²) in [5.74, 6) is -3.10. The highest BCUT2D eigenvalue weighted by molar-refractivity contribution is 7.09. The summed E-state index contributed by atoms with van der Waals surface area (Å²) in [6.07, 6.45) is 1.36. The van der Waals surface area contributed by atoms with Crippen LogP contribution in [0.1, 0.15) is 27.1 Å². The van der Waals surface area contributed by atoms with Gasteiger partial charge in [0, 0.05) is 22.3 Å². The molecule has 0 unspecified atom stereocenters. The van der Waals surface area contributed by atoms with Crippen LogP contribution in [0.3, 0.4) is 0 Å². The van der Waals surface area contributed by atoms with Crippen molar-refractivity contribution in [2.24, 2.45) is 0 Å². The Labute approximate surface area is 157 Å². The van der Waals surface area contributed by atoms with Gasteiger partial charge in [-0.25, -0.2) is 4.98 Å². The molecular formula is C16H13ClN4O4S. The molecule has 0 aromatic carbocycles. The normalized spacial score (nSPS) is 11.3. The van der Waals surface area contributed by atoms with Crippen molar-refractivity contribution in [2.75, 3.05) is 13.2 Å². The number of carbonyl (C=O) groups is 3. The molecule has 2 heterocycles. The van der Waals surface area contributed by atoms with Crippen molar-refractivity contribution in [3.05, 3.63) is 45.1 Å². The van der Waals surface area contributed by atoms with Crippen molar-refractivity contribution in [1.82, 2.24) is 15.3 Å². The number of aryl methyl sites for hydroxylation is 1. The summed E-state index contributed by atoms with van der Waals surface area (Å²) in [6, 6.07) is 4.70. The molecule has 0 saturated carbocycles. The van der Waals surface area contributed by atoms with E-state index in [4.69, 9.17) is 21.6 Å². The molecule has 0 spiro atoms. The number of ether oxygens (including phenoxy) is 1. The fraction of sp³-hybridized carbons (Fsp3) is 0.250. The summed E-state index contributed by atoms with van der Waals surface area (Å²) in [4.78, 5) is 43.4. The number of carbonyl (C=O) groups excluding carboxylic acids is 3. The van der Waals surface area contributed by atoms with Gasteiger partial charge in [-0.05, 0) is 19.1 Å². The minimum atomic E-state index is -1.09. The topological polar surface area (TPSA) is 122 Å². The van der Waals surface area contributed by atoms with E-state index in [9.17, 15) is 14.4 Å². The van der Waals surface area contributed by atoms with E-state index in [0.717, 1.165) is 0 Å².